The summed E-state index contributed by atoms with van der Waals surface area (Å²) in [6.45, 7) is 8.96. The zero-order chi connectivity index (χ0) is 29.8. The van der Waals surface area contributed by atoms with E-state index in [1.807, 2.05) is 45.0 Å². The van der Waals surface area contributed by atoms with Crippen LogP contribution in [0.25, 0.3) is 6.08 Å². The predicted octanol–water partition coefficient (Wildman–Crippen LogP) is 2.99. The van der Waals surface area contributed by atoms with E-state index >= 15 is 0 Å². The Bertz CT molecular complexity index is 1670. The molecule has 3 heterocycles. The first-order chi connectivity index (χ1) is 20.3. The first-order valence-corrected chi connectivity index (χ1v) is 15.2. The Hall–Kier alpha value is -3.73. The second-order valence-corrected chi connectivity index (χ2v) is 11.4. The molecule has 0 spiro atoms. The lowest BCUT2D eigenvalue weighted by molar-refractivity contribution is -0.137. The monoisotopic (exact) mass is 608 g/mol. The van der Waals surface area contributed by atoms with E-state index in [-0.39, 0.29) is 24.0 Å². The number of hydrogen-bond acceptors (Lipinski definition) is 7. The third kappa shape index (κ3) is 6.21. The number of ether oxygens (including phenoxy) is 2. The molecule has 1 saturated heterocycles. The number of aromatic nitrogens is 1. The number of allylic oxidation sites excluding steroid dienone is 1. The normalized spacial score (nSPS) is 17.1. The van der Waals surface area contributed by atoms with Crippen LogP contribution in [0.3, 0.4) is 0 Å². The van der Waals surface area contributed by atoms with Crippen molar-refractivity contribution in [3.63, 3.8) is 0 Å². The number of carbonyl (C=O) groups excluding carboxylic acids is 2. The number of amides is 2. The number of hydrogen-bond donors (Lipinski definition) is 0. The van der Waals surface area contributed by atoms with Crippen molar-refractivity contribution in [3.05, 3.63) is 95.6 Å². The molecule has 1 atom stereocenters. The minimum atomic E-state index is -0.631. The quantitative estimate of drug-likeness (QED) is 0.392. The molecule has 0 radical (unpaired) electrons. The van der Waals surface area contributed by atoms with Crippen molar-refractivity contribution < 1.29 is 19.1 Å². The lowest BCUT2D eigenvalue weighted by Gasteiger charge is -2.29. The zero-order valence-electron chi connectivity index (χ0n) is 23.8. The lowest BCUT2D eigenvalue weighted by Crippen LogP contribution is -2.43. The average Bonchev–Trinajstić information content (AvgIpc) is 3.31. The molecule has 9 nitrogen and oxygen atoms in total. The first-order valence-electron chi connectivity index (χ1n) is 14.0. The summed E-state index contributed by atoms with van der Waals surface area (Å²) in [7, 11) is 0. The molecule has 1 fully saturated rings. The number of rotatable bonds is 8. The fourth-order valence-corrected chi connectivity index (χ4v) is 6.27. The van der Waals surface area contributed by atoms with E-state index < -0.39 is 6.04 Å². The van der Waals surface area contributed by atoms with Crippen LogP contribution >= 0.6 is 22.9 Å². The van der Waals surface area contributed by atoms with E-state index in [2.05, 4.69) is 0 Å². The van der Waals surface area contributed by atoms with Gasteiger partial charge in [-0.15, -0.1) is 0 Å². The molecule has 11 heteroatoms. The third-order valence-electron chi connectivity index (χ3n) is 7.39. The smallest absolute Gasteiger partial charge is 0.271 e. The van der Waals surface area contributed by atoms with Crippen molar-refractivity contribution in [3.8, 4) is 5.75 Å². The minimum Gasteiger partial charge on any atom is -0.484 e. The Morgan fingerprint density at radius 3 is 2.40 bits per heavy atom. The van der Waals surface area contributed by atoms with Gasteiger partial charge in [-0.1, -0.05) is 47.2 Å². The molecule has 0 N–H and O–H groups in total. The van der Waals surface area contributed by atoms with Crippen LogP contribution < -0.4 is 19.6 Å². The van der Waals surface area contributed by atoms with Crippen LogP contribution in [0.1, 0.15) is 37.9 Å². The molecule has 220 valence electrons. The molecule has 1 aromatic heterocycles. The van der Waals surface area contributed by atoms with E-state index in [1.54, 1.807) is 44.7 Å². The Morgan fingerprint density at radius 2 is 1.76 bits per heavy atom. The average molecular weight is 609 g/mol. The van der Waals surface area contributed by atoms with Crippen LogP contribution in [0, 0.1) is 0 Å². The van der Waals surface area contributed by atoms with Crippen LogP contribution in [-0.4, -0.2) is 72.2 Å². The van der Waals surface area contributed by atoms with Crippen molar-refractivity contribution in [2.24, 2.45) is 4.99 Å². The molecular weight excluding hydrogens is 576 g/mol. The van der Waals surface area contributed by atoms with Crippen molar-refractivity contribution in [1.29, 1.82) is 0 Å². The van der Waals surface area contributed by atoms with Crippen LogP contribution in [0.4, 0.5) is 0 Å². The van der Waals surface area contributed by atoms with Crippen LogP contribution in [0.2, 0.25) is 5.02 Å². The van der Waals surface area contributed by atoms with Gasteiger partial charge in [0.05, 0.1) is 35.1 Å². The van der Waals surface area contributed by atoms with E-state index in [1.165, 1.54) is 11.3 Å². The Labute approximate surface area is 252 Å². The van der Waals surface area contributed by atoms with Crippen molar-refractivity contribution >= 4 is 40.8 Å². The van der Waals surface area contributed by atoms with Crippen molar-refractivity contribution in [2.45, 2.75) is 26.8 Å². The number of thiazole rings is 1. The van der Waals surface area contributed by atoms with Gasteiger partial charge in [-0.25, -0.2) is 4.99 Å². The summed E-state index contributed by atoms with van der Waals surface area (Å²) < 4.78 is 13.1. The third-order valence-corrected chi connectivity index (χ3v) is 8.63. The molecule has 2 amide bonds. The molecule has 2 aliphatic heterocycles. The maximum Gasteiger partial charge on any atom is 0.271 e. The fourth-order valence-electron chi connectivity index (χ4n) is 5.10. The Morgan fingerprint density at radius 1 is 1.10 bits per heavy atom. The van der Waals surface area contributed by atoms with E-state index in [4.69, 9.17) is 26.1 Å². The van der Waals surface area contributed by atoms with Gasteiger partial charge in [0.2, 0.25) is 0 Å². The zero-order valence-corrected chi connectivity index (χ0v) is 25.4. The molecule has 3 aromatic rings. The van der Waals surface area contributed by atoms with Gasteiger partial charge in [0, 0.05) is 31.2 Å². The van der Waals surface area contributed by atoms with Gasteiger partial charge in [-0.2, -0.15) is 0 Å². The highest BCUT2D eigenvalue weighted by Crippen LogP contribution is 2.31. The largest absolute Gasteiger partial charge is 0.484 e. The number of morpholine rings is 1. The molecule has 0 bridgehead atoms. The van der Waals surface area contributed by atoms with Gasteiger partial charge in [-0.05, 0) is 62.2 Å². The lowest BCUT2D eigenvalue weighted by atomic mass is 9.94. The molecule has 0 aliphatic carbocycles. The molecule has 2 aromatic carbocycles. The summed E-state index contributed by atoms with van der Waals surface area (Å²) >= 11 is 7.45. The topological polar surface area (TPSA) is 93.4 Å². The summed E-state index contributed by atoms with van der Waals surface area (Å²) in [6, 6.07) is 13.8. The Balaban J connectivity index is 1.45. The van der Waals surface area contributed by atoms with E-state index in [0.29, 0.717) is 70.8 Å². The van der Waals surface area contributed by atoms with Gasteiger partial charge in [-0.3, -0.25) is 19.0 Å². The summed E-state index contributed by atoms with van der Waals surface area (Å²) in [6.07, 6.45) is 1.80. The van der Waals surface area contributed by atoms with E-state index in [9.17, 15) is 14.4 Å². The maximum atomic E-state index is 13.9. The van der Waals surface area contributed by atoms with Gasteiger partial charge in [0.1, 0.15) is 5.75 Å². The maximum absolute atomic E-state index is 13.9. The molecule has 0 saturated carbocycles. The molecule has 0 unspecified atom stereocenters. The highest BCUT2D eigenvalue weighted by atomic mass is 35.5. The summed E-state index contributed by atoms with van der Waals surface area (Å²) in [5, 5.41) is 0.571. The number of likely N-dealkylation sites (N-methyl/N-ethyl adjacent to an activating group) is 1. The summed E-state index contributed by atoms with van der Waals surface area (Å²) in [4.78, 5) is 48.7. The van der Waals surface area contributed by atoms with Crippen molar-refractivity contribution in [2.75, 3.05) is 46.0 Å². The van der Waals surface area contributed by atoms with Crippen LogP contribution in [0.5, 0.6) is 5.75 Å². The Kier molecular flexibility index (Phi) is 9.25. The SMILES string of the molecule is CCN(CC)C(=O)C1=C(C)N=c2s/c(=C\c3ccc(OCC(=O)N4CCOCC4)cc3)c(=O)n2[C@@H]1c1ccc(Cl)cc1. The molecule has 42 heavy (non-hydrogen) atoms. The molecule has 5 rings (SSSR count). The molecular formula is C31H33ClN4O5S. The highest BCUT2D eigenvalue weighted by Gasteiger charge is 2.34. The van der Waals surface area contributed by atoms with Crippen LogP contribution in [-0.2, 0) is 14.3 Å². The number of halogens is 1. The summed E-state index contributed by atoms with van der Waals surface area (Å²) in [5.74, 6) is 0.346. The first kappa shape index (κ1) is 29.8. The number of nitrogens with zero attached hydrogens (tertiary/aromatic N) is 4. The molecule has 2 aliphatic rings. The van der Waals surface area contributed by atoms with Gasteiger partial charge in [0.15, 0.2) is 11.4 Å². The van der Waals surface area contributed by atoms with Gasteiger partial charge in [0.25, 0.3) is 17.4 Å². The predicted molar refractivity (Wildman–Crippen MR) is 162 cm³/mol. The second kappa shape index (κ2) is 13.1. The minimum absolute atomic E-state index is 0.0451. The highest BCUT2D eigenvalue weighted by molar-refractivity contribution is 7.07. The number of carbonyl (C=O) groups is 2. The van der Waals surface area contributed by atoms with Crippen LogP contribution in [0.15, 0.2) is 69.6 Å². The van der Waals surface area contributed by atoms with Gasteiger partial charge >= 0.3 is 0 Å². The number of benzene rings is 2. The second-order valence-electron chi connectivity index (χ2n) is 9.96. The standard InChI is InChI=1S/C31H33ClN4O5S/c1-4-34(5-2)30(39)27-20(3)33-31-36(28(27)22-8-10-23(32)11-9-22)29(38)25(42-31)18-21-6-12-24(13-7-21)41-19-26(37)35-14-16-40-17-15-35/h6-13,18,28H,4-5,14-17,19H2,1-3H3/b25-18-/t28-/m1/s1. The number of fused-ring (bicyclic) bond motifs is 1. The van der Waals surface area contributed by atoms with Crippen molar-refractivity contribution in [1.82, 2.24) is 14.4 Å². The van der Waals surface area contributed by atoms with E-state index in [0.717, 1.165) is 11.1 Å². The van der Waals surface area contributed by atoms with Gasteiger partial charge < -0.3 is 19.3 Å². The summed E-state index contributed by atoms with van der Waals surface area (Å²) in [5.41, 5.74) is 2.42. The fraction of sp³-hybridized carbons (Fsp3) is 0.355.